The molecule has 0 heterocycles. The zero-order chi connectivity index (χ0) is 10.7. The van der Waals surface area contributed by atoms with Crippen molar-refractivity contribution in [2.24, 2.45) is 5.92 Å². The van der Waals surface area contributed by atoms with Crippen molar-refractivity contribution in [1.82, 2.24) is 0 Å². The second-order valence-electron chi connectivity index (χ2n) is 4.13. The van der Waals surface area contributed by atoms with Crippen LogP contribution in [0.1, 0.15) is 36.0 Å². The molecule has 1 unspecified atom stereocenters. The Morgan fingerprint density at radius 3 is 2.67 bits per heavy atom. The van der Waals surface area contributed by atoms with E-state index in [2.05, 4.69) is 0 Å². The largest absolute Gasteiger partial charge is 0.310 e. The fourth-order valence-corrected chi connectivity index (χ4v) is 2.13. The molecule has 0 radical (unpaired) electrons. The zero-order valence-electron chi connectivity index (χ0n) is 8.70. The first-order valence-electron chi connectivity index (χ1n) is 5.43. The lowest BCUT2D eigenvalue weighted by molar-refractivity contribution is 0.0911. The number of carbonyl (C=O) groups excluding carboxylic acids is 1. The van der Waals surface area contributed by atoms with Crippen molar-refractivity contribution >= 4 is 11.5 Å². The quantitative estimate of drug-likeness (QED) is 0.734. The maximum atomic E-state index is 12.0. The average Bonchev–Trinajstić information content (AvgIpc) is 2.29. The molecular formula is C13H15NO. The topological polar surface area (TPSA) is 40.9 Å². The Labute approximate surface area is 89.8 Å². The lowest BCUT2D eigenvalue weighted by Gasteiger charge is -2.21. The second kappa shape index (κ2) is 4.39. The lowest BCUT2D eigenvalue weighted by atomic mass is 9.83. The van der Waals surface area contributed by atoms with Crippen molar-refractivity contribution in [3.8, 4) is 0 Å². The number of nitrogens with one attached hydrogen (secondary N) is 1. The third-order valence-electron chi connectivity index (χ3n) is 2.95. The van der Waals surface area contributed by atoms with E-state index in [1.807, 2.05) is 30.3 Å². The van der Waals surface area contributed by atoms with Gasteiger partial charge < -0.3 is 5.41 Å². The van der Waals surface area contributed by atoms with Gasteiger partial charge in [-0.05, 0) is 25.7 Å². The zero-order valence-corrected chi connectivity index (χ0v) is 8.70. The normalized spacial score (nSPS) is 21.3. The molecule has 1 atom stereocenters. The van der Waals surface area contributed by atoms with E-state index in [1.165, 1.54) is 0 Å². The molecule has 15 heavy (non-hydrogen) atoms. The van der Waals surface area contributed by atoms with Crippen LogP contribution >= 0.6 is 0 Å². The first-order valence-corrected chi connectivity index (χ1v) is 5.43. The molecule has 2 heteroatoms. The molecule has 0 bridgehead atoms. The number of Topliss-reactive ketones (excluding diaryl/α,β-unsaturated/α-hetero) is 1. The van der Waals surface area contributed by atoms with Crippen LogP contribution in [0.2, 0.25) is 0 Å². The standard InChI is InChI=1S/C13H15NO/c14-12-8-4-7-11(9-12)13(15)10-5-2-1-3-6-10/h1-3,5-6,11,14H,4,7-9H2. The van der Waals surface area contributed by atoms with Gasteiger partial charge in [0.2, 0.25) is 0 Å². The Morgan fingerprint density at radius 2 is 2.00 bits per heavy atom. The molecular weight excluding hydrogens is 186 g/mol. The van der Waals surface area contributed by atoms with Gasteiger partial charge in [0.05, 0.1) is 0 Å². The number of hydrogen-bond donors (Lipinski definition) is 1. The molecule has 0 saturated heterocycles. The van der Waals surface area contributed by atoms with Gasteiger partial charge in [-0.3, -0.25) is 4.79 Å². The summed E-state index contributed by atoms with van der Waals surface area (Å²) in [4.78, 5) is 12.0. The van der Waals surface area contributed by atoms with Crippen molar-refractivity contribution in [1.29, 1.82) is 5.41 Å². The number of rotatable bonds is 2. The Bertz CT molecular complexity index is 369. The van der Waals surface area contributed by atoms with E-state index in [1.54, 1.807) is 0 Å². The predicted molar refractivity (Wildman–Crippen MR) is 60.5 cm³/mol. The van der Waals surface area contributed by atoms with E-state index in [-0.39, 0.29) is 11.7 Å². The number of carbonyl (C=O) groups is 1. The van der Waals surface area contributed by atoms with E-state index >= 15 is 0 Å². The van der Waals surface area contributed by atoms with Gasteiger partial charge in [-0.25, -0.2) is 0 Å². The van der Waals surface area contributed by atoms with Crippen LogP contribution in [0.4, 0.5) is 0 Å². The van der Waals surface area contributed by atoms with Crippen LogP contribution in [0, 0.1) is 11.3 Å². The van der Waals surface area contributed by atoms with Crippen LogP contribution < -0.4 is 0 Å². The Morgan fingerprint density at radius 1 is 1.27 bits per heavy atom. The highest BCUT2D eigenvalue weighted by Crippen LogP contribution is 2.24. The van der Waals surface area contributed by atoms with Crippen LogP contribution in [0.3, 0.4) is 0 Å². The van der Waals surface area contributed by atoms with E-state index in [9.17, 15) is 4.79 Å². The molecule has 2 nitrogen and oxygen atoms in total. The maximum absolute atomic E-state index is 12.0. The second-order valence-corrected chi connectivity index (χ2v) is 4.13. The molecule has 0 aromatic heterocycles. The fourth-order valence-electron chi connectivity index (χ4n) is 2.13. The molecule has 1 saturated carbocycles. The Hall–Kier alpha value is -1.44. The summed E-state index contributed by atoms with van der Waals surface area (Å²) in [6.45, 7) is 0. The lowest BCUT2D eigenvalue weighted by Crippen LogP contribution is -2.22. The maximum Gasteiger partial charge on any atom is 0.166 e. The molecule has 1 N–H and O–H groups in total. The Kier molecular flexibility index (Phi) is 2.95. The summed E-state index contributed by atoms with van der Waals surface area (Å²) in [5, 5.41) is 7.62. The average molecular weight is 201 g/mol. The summed E-state index contributed by atoms with van der Waals surface area (Å²) in [5.74, 6) is 0.258. The molecule has 1 aromatic carbocycles. The minimum absolute atomic E-state index is 0.0497. The van der Waals surface area contributed by atoms with Crippen LogP contribution in [0.25, 0.3) is 0 Å². The van der Waals surface area contributed by atoms with Gasteiger partial charge >= 0.3 is 0 Å². The van der Waals surface area contributed by atoms with Crippen molar-refractivity contribution in [2.45, 2.75) is 25.7 Å². The minimum atomic E-state index is 0.0497. The summed E-state index contributed by atoms with van der Waals surface area (Å²) in [7, 11) is 0. The third kappa shape index (κ3) is 2.32. The molecule has 0 amide bonds. The molecule has 1 fully saturated rings. The minimum Gasteiger partial charge on any atom is -0.310 e. The van der Waals surface area contributed by atoms with Crippen LogP contribution in [-0.4, -0.2) is 11.5 Å². The summed E-state index contributed by atoms with van der Waals surface area (Å²) < 4.78 is 0. The van der Waals surface area contributed by atoms with E-state index < -0.39 is 0 Å². The molecule has 1 aliphatic rings. The Balaban J connectivity index is 2.11. The van der Waals surface area contributed by atoms with Gasteiger partial charge in [-0.15, -0.1) is 0 Å². The van der Waals surface area contributed by atoms with Crippen molar-refractivity contribution in [3.63, 3.8) is 0 Å². The highest BCUT2D eigenvalue weighted by atomic mass is 16.1. The van der Waals surface area contributed by atoms with Gasteiger partial charge in [0.15, 0.2) is 5.78 Å². The molecule has 0 spiro atoms. The molecule has 1 aromatic rings. The number of benzene rings is 1. The fraction of sp³-hybridized carbons (Fsp3) is 0.385. The van der Waals surface area contributed by atoms with Gasteiger partial charge in [-0.2, -0.15) is 0 Å². The number of hydrogen-bond acceptors (Lipinski definition) is 2. The SMILES string of the molecule is N=C1CCCC(C(=O)c2ccccc2)C1. The number of ketones is 1. The first kappa shape index (κ1) is 10.1. The summed E-state index contributed by atoms with van der Waals surface area (Å²) in [5.41, 5.74) is 1.52. The van der Waals surface area contributed by atoms with E-state index in [0.29, 0.717) is 6.42 Å². The smallest absolute Gasteiger partial charge is 0.166 e. The van der Waals surface area contributed by atoms with Gasteiger partial charge in [0, 0.05) is 17.2 Å². The molecule has 0 aliphatic heterocycles. The molecule has 78 valence electrons. The highest BCUT2D eigenvalue weighted by molar-refractivity contribution is 6.00. The van der Waals surface area contributed by atoms with E-state index in [4.69, 9.17) is 5.41 Å². The molecule has 2 rings (SSSR count). The summed E-state index contributed by atoms with van der Waals surface area (Å²) in [6, 6.07) is 9.42. The van der Waals surface area contributed by atoms with Crippen molar-refractivity contribution in [3.05, 3.63) is 35.9 Å². The summed E-state index contributed by atoms with van der Waals surface area (Å²) in [6.07, 6.45) is 3.46. The third-order valence-corrected chi connectivity index (χ3v) is 2.95. The van der Waals surface area contributed by atoms with E-state index in [0.717, 1.165) is 30.5 Å². The predicted octanol–water partition coefficient (Wildman–Crippen LogP) is 3.08. The first-order chi connectivity index (χ1) is 7.27. The van der Waals surface area contributed by atoms with Gasteiger partial charge in [0.1, 0.15) is 0 Å². The molecule has 1 aliphatic carbocycles. The van der Waals surface area contributed by atoms with Crippen molar-refractivity contribution < 1.29 is 4.79 Å². The highest BCUT2D eigenvalue weighted by Gasteiger charge is 2.24. The monoisotopic (exact) mass is 201 g/mol. The van der Waals surface area contributed by atoms with Gasteiger partial charge in [-0.1, -0.05) is 30.3 Å². The van der Waals surface area contributed by atoms with Crippen LogP contribution in [0.15, 0.2) is 30.3 Å². The van der Waals surface area contributed by atoms with Gasteiger partial charge in [0.25, 0.3) is 0 Å². The van der Waals surface area contributed by atoms with Crippen LogP contribution in [0.5, 0.6) is 0 Å². The van der Waals surface area contributed by atoms with Crippen LogP contribution in [-0.2, 0) is 0 Å². The van der Waals surface area contributed by atoms with Crippen molar-refractivity contribution in [2.75, 3.05) is 0 Å². The summed E-state index contributed by atoms with van der Waals surface area (Å²) >= 11 is 0.